The van der Waals surface area contributed by atoms with Gasteiger partial charge in [0.1, 0.15) is 0 Å². The Morgan fingerprint density at radius 1 is 1.30 bits per heavy atom. The first-order valence-electron chi connectivity index (χ1n) is 2.85. The molecule has 0 aliphatic carbocycles. The molecule has 0 saturated carbocycles. The van der Waals surface area contributed by atoms with Gasteiger partial charge >= 0.3 is 6.02 Å². The molecule has 0 saturated heterocycles. The summed E-state index contributed by atoms with van der Waals surface area (Å²) in [6.45, 7) is 0. The molecule has 0 heterocycles. The van der Waals surface area contributed by atoms with Crippen molar-refractivity contribution < 1.29 is 9.31 Å². The highest BCUT2D eigenvalue weighted by molar-refractivity contribution is 5.67. The maximum Gasteiger partial charge on any atom is 0.445 e. The summed E-state index contributed by atoms with van der Waals surface area (Å²) in [5.74, 6) is 0. The minimum Gasteiger partial charge on any atom is -0.435 e. The first kappa shape index (κ1) is 12.0. The summed E-state index contributed by atoms with van der Waals surface area (Å²) in [5, 5.41) is 0. The van der Waals surface area contributed by atoms with E-state index >= 15 is 0 Å². The number of amidine groups is 1. The molecule has 0 unspecified atom stereocenters. The Bertz CT molecular complexity index is 115. The van der Waals surface area contributed by atoms with E-state index in [4.69, 9.17) is 4.74 Å². The molecule has 0 aliphatic rings. The highest BCUT2D eigenvalue weighted by Gasteiger charge is 2.08. The Balaban J connectivity index is 0. The Morgan fingerprint density at radius 2 is 1.70 bits per heavy atom. The lowest BCUT2D eigenvalue weighted by Gasteiger charge is -2.07. The fraction of sp³-hybridized carbons (Fsp3) is 0.857. The first-order valence-corrected chi connectivity index (χ1v) is 2.85. The van der Waals surface area contributed by atoms with E-state index in [1.54, 1.807) is 7.11 Å². The monoisotopic (exact) mass is 147 g/mol. The van der Waals surface area contributed by atoms with Crippen molar-refractivity contribution in [1.29, 1.82) is 0 Å². The normalized spacial score (nSPS) is 7.70. The van der Waals surface area contributed by atoms with Gasteiger partial charge in [0.2, 0.25) is 0 Å². The van der Waals surface area contributed by atoms with Gasteiger partial charge in [-0.25, -0.2) is 9.48 Å². The molecule has 0 fully saturated rings. The van der Waals surface area contributed by atoms with Crippen LogP contribution in [0.5, 0.6) is 0 Å². The van der Waals surface area contributed by atoms with Crippen molar-refractivity contribution in [1.82, 2.24) is 4.90 Å². The molecule has 3 heteroatoms. The molecule has 0 N–H and O–H groups in total. The van der Waals surface area contributed by atoms with Crippen LogP contribution in [0.1, 0.15) is 7.43 Å². The van der Waals surface area contributed by atoms with Crippen LogP contribution in [0.15, 0.2) is 0 Å². The summed E-state index contributed by atoms with van der Waals surface area (Å²) < 4.78 is 6.96. The van der Waals surface area contributed by atoms with Crippen molar-refractivity contribution in [2.45, 2.75) is 7.43 Å². The third kappa shape index (κ3) is 3.33. The zero-order valence-corrected chi connectivity index (χ0v) is 6.80. The molecule has 0 rings (SSSR count). The molecule has 0 amide bonds. The molecule has 3 nitrogen and oxygen atoms in total. The second-order valence-electron chi connectivity index (χ2n) is 2.28. The Morgan fingerprint density at radius 3 is 1.70 bits per heavy atom. The maximum atomic E-state index is 5.04. The van der Waals surface area contributed by atoms with Gasteiger partial charge < -0.3 is 4.74 Å². The zero-order valence-electron chi connectivity index (χ0n) is 6.80. The summed E-state index contributed by atoms with van der Waals surface area (Å²) >= 11 is 0. The minimum atomic E-state index is 0. The van der Waals surface area contributed by atoms with Gasteiger partial charge in [0.25, 0.3) is 0 Å². The van der Waals surface area contributed by atoms with Crippen molar-refractivity contribution >= 4 is 6.02 Å². The van der Waals surface area contributed by atoms with E-state index in [1.807, 2.05) is 37.7 Å². The topological polar surface area (TPSA) is 15.5 Å². The predicted octanol–water partition coefficient (Wildman–Crippen LogP) is 0.459. The lowest BCUT2D eigenvalue weighted by atomic mass is 10.8. The van der Waals surface area contributed by atoms with Crippen molar-refractivity contribution in [3.05, 3.63) is 0 Å². The summed E-state index contributed by atoms with van der Waals surface area (Å²) in [4.78, 5) is 1.92. The van der Waals surface area contributed by atoms with Crippen LogP contribution < -0.4 is 0 Å². The van der Waals surface area contributed by atoms with E-state index in [0.717, 1.165) is 6.02 Å². The van der Waals surface area contributed by atoms with Gasteiger partial charge in [-0.1, -0.05) is 7.43 Å². The Hall–Kier alpha value is -0.730. The zero-order chi connectivity index (χ0) is 7.44. The summed E-state index contributed by atoms with van der Waals surface area (Å²) in [5.41, 5.74) is 0. The van der Waals surface area contributed by atoms with Gasteiger partial charge in [0, 0.05) is 0 Å². The molecule has 0 bridgehead atoms. The smallest absolute Gasteiger partial charge is 0.435 e. The lowest BCUT2D eigenvalue weighted by Crippen LogP contribution is -2.30. The number of ether oxygens (including phenoxy) is 1. The number of nitrogens with zero attached hydrogens (tertiary/aromatic N) is 2. The van der Waals surface area contributed by atoms with Gasteiger partial charge in [-0.05, 0) is 0 Å². The lowest BCUT2D eigenvalue weighted by molar-refractivity contribution is -0.480. The van der Waals surface area contributed by atoms with Gasteiger partial charge in [0.15, 0.2) is 0 Å². The van der Waals surface area contributed by atoms with Crippen molar-refractivity contribution in [2.24, 2.45) is 0 Å². The quantitative estimate of drug-likeness (QED) is 0.281. The van der Waals surface area contributed by atoms with Gasteiger partial charge in [-0.3, -0.25) is 0 Å². The fourth-order valence-corrected chi connectivity index (χ4v) is 0.765. The second-order valence-corrected chi connectivity index (χ2v) is 2.28. The summed E-state index contributed by atoms with van der Waals surface area (Å²) in [6.07, 6.45) is 0. The highest BCUT2D eigenvalue weighted by Crippen LogP contribution is 1.80. The van der Waals surface area contributed by atoms with Crippen molar-refractivity contribution in [3.63, 3.8) is 0 Å². The predicted molar refractivity (Wildman–Crippen MR) is 44.5 cm³/mol. The number of hydrogen-bond acceptors (Lipinski definition) is 1. The Kier molecular flexibility index (Phi) is 6.10. The SMILES string of the molecule is C.COC(N(C)C)=[N+](C)C. The van der Waals surface area contributed by atoms with Crippen molar-refractivity contribution in [3.8, 4) is 0 Å². The summed E-state index contributed by atoms with van der Waals surface area (Å²) in [7, 11) is 9.44. The maximum absolute atomic E-state index is 5.04. The average Bonchev–Trinajstić information content (AvgIpc) is 1.64. The van der Waals surface area contributed by atoms with E-state index in [0.29, 0.717) is 0 Å². The second kappa shape index (κ2) is 5.09. The van der Waals surface area contributed by atoms with Crippen LogP contribution in [0.2, 0.25) is 0 Å². The molecule has 10 heavy (non-hydrogen) atoms. The van der Waals surface area contributed by atoms with Crippen LogP contribution in [0.4, 0.5) is 0 Å². The van der Waals surface area contributed by atoms with Crippen LogP contribution in [0.3, 0.4) is 0 Å². The highest BCUT2D eigenvalue weighted by atomic mass is 16.5. The molecule has 0 radical (unpaired) electrons. The molecule has 0 spiro atoms. The van der Waals surface area contributed by atoms with E-state index in [2.05, 4.69) is 0 Å². The third-order valence-electron chi connectivity index (χ3n) is 0.948. The third-order valence-corrected chi connectivity index (χ3v) is 0.948. The minimum absolute atomic E-state index is 0. The molecule has 0 aromatic heterocycles. The average molecular weight is 147 g/mol. The molecule has 0 aliphatic heterocycles. The first-order chi connectivity index (χ1) is 4.09. The summed E-state index contributed by atoms with van der Waals surface area (Å²) in [6, 6.07) is 0.856. The molecular weight excluding hydrogens is 128 g/mol. The number of rotatable bonds is 0. The van der Waals surface area contributed by atoms with Gasteiger partial charge in [0.05, 0.1) is 35.3 Å². The van der Waals surface area contributed by atoms with Gasteiger partial charge in [-0.15, -0.1) is 0 Å². The molecule has 0 aromatic rings. The molecule has 0 atom stereocenters. The van der Waals surface area contributed by atoms with E-state index in [9.17, 15) is 0 Å². The number of methoxy groups -OCH3 is 1. The van der Waals surface area contributed by atoms with E-state index in [1.165, 1.54) is 0 Å². The molecular formula is C7H19N2O+. The Labute approximate surface area is 63.9 Å². The van der Waals surface area contributed by atoms with Crippen LogP contribution in [0.25, 0.3) is 0 Å². The van der Waals surface area contributed by atoms with Crippen LogP contribution in [-0.4, -0.2) is 50.8 Å². The van der Waals surface area contributed by atoms with E-state index < -0.39 is 0 Å². The fourth-order valence-electron chi connectivity index (χ4n) is 0.765. The molecule has 0 aromatic carbocycles. The van der Waals surface area contributed by atoms with Crippen LogP contribution in [-0.2, 0) is 4.74 Å². The largest absolute Gasteiger partial charge is 0.445 e. The number of hydrogen-bond donors (Lipinski definition) is 0. The van der Waals surface area contributed by atoms with Crippen LogP contribution >= 0.6 is 0 Å². The van der Waals surface area contributed by atoms with E-state index in [-0.39, 0.29) is 7.43 Å². The van der Waals surface area contributed by atoms with Gasteiger partial charge in [-0.2, -0.15) is 0 Å². The molecule has 62 valence electrons. The van der Waals surface area contributed by atoms with Crippen LogP contribution in [0, 0.1) is 0 Å². The van der Waals surface area contributed by atoms with Crippen molar-refractivity contribution in [2.75, 3.05) is 35.3 Å². The standard InChI is InChI=1S/C6H15N2O.CH4/c1-7(2)6(9-5)8(3)4;/h1-5H3;1H4/q+1;.